The van der Waals surface area contributed by atoms with Gasteiger partial charge >= 0.3 is 0 Å². The highest BCUT2D eigenvalue weighted by molar-refractivity contribution is 5.82. The normalized spacial score (nSPS) is 12.5. The first kappa shape index (κ1) is 11.9. The Hall–Kier alpha value is -2.19. The van der Waals surface area contributed by atoms with E-state index in [0.29, 0.717) is 0 Å². The van der Waals surface area contributed by atoms with Crippen LogP contribution >= 0.6 is 0 Å². The van der Waals surface area contributed by atoms with Crippen molar-refractivity contribution in [1.29, 1.82) is 0 Å². The standard InChI is InChI=1S/C17H15NO/c1-12-6-2-3-7-13(12)17(19)15-10-11-18-16-9-5-4-8-14(15)16/h2-11,17,19H,1H3. The number of pyridine rings is 1. The van der Waals surface area contributed by atoms with E-state index < -0.39 is 6.10 Å². The van der Waals surface area contributed by atoms with Crippen molar-refractivity contribution in [2.45, 2.75) is 13.0 Å². The van der Waals surface area contributed by atoms with E-state index in [1.54, 1.807) is 6.20 Å². The third kappa shape index (κ3) is 2.11. The van der Waals surface area contributed by atoms with Gasteiger partial charge in [0.2, 0.25) is 0 Å². The van der Waals surface area contributed by atoms with E-state index in [1.807, 2.05) is 61.5 Å². The van der Waals surface area contributed by atoms with Crippen LogP contribution in [0.2, 0.25) is 0 Å². The molecule has 0 radical (unpaired) electrons. The molecule has 3 aromatic rings. The van der Waals surface area contributed by atoms with Gasteiger partial charge in [0, 0.05) is 11.6 Å². The van der Waals surface area contributed by atoms with Gasteiger partial charge in [-0.2, -0.15) is 0 Å². The molecule has 0 saturated heterocycles. The molecule has 0 saturated carbocycles. The molecule has 2 nitrogen and oxygen atoms in total. The SMILES string of the molecule is Cc1ccccc1C(O)c1ccnc2ccccc12. The quantitative estimate of drug-likeness (QED) is 0.752. The van der Waals surface area contributed by atoms with Gasteiger partial charge in [-0.1, -0.05) is 42.5 Å². The third-order valence-corrected chi connectivity index (χ3v) is 3.46. The van der Waals surface area contributed by atoms with E-state index in [2.05, 4.69) is 4.98 Å². The molecule has 1 atom stereocenters. The van der Waals surface area contributed by atoms with E-state index >= 15 is 0 Å². The van der Waals surface area contributed by atoms with Crippen molar-refractivity contribution in [3.05, 3.63) is 77.5 Å². The zero-order chi connectivity index (χ0) is 13.2. The Morgan fingerprint density at radius 2 is 1.63 bits per heavy atom. The molecule has 3 rings (SSSR count). The molecule has 0 bridgehead atoms. The average molecular weight is 249 g/mol. The minimum atomic E-state index is -0.617. The third-order valence-electron chi connectivity index (χ3n) is 3.46. The number of aryl methyl sites for hydroxylation is 1. The van der Waals surface area contributed by atoms with Crippen molar-refractivity contribution in [3.8, 4) is 0 Å². The van der Waals surface area contributed by atoms with Gasteiger partial charge < -0.3 is 5.11 Å². The summed E-state index contributed by atoms with van der Waals surface area (Å²) in [5.41, 5.74) is 3.85. The molecule has 2 aromatic carbocycles. The average Bonchev–Trinajstić information content (AvgIpc) is 2.46. The first-order valence-electron chi connectivity index (χ1n) is 6.34. The Morgan fingerprint density at radius 3 is 2.47 bits per heavy atom. The fourth-order valence-corrected chi connectivity index (χ4v) is 2.42. The summed E-state index contributed by atoms with van der Waals surface area (Å²) in [5, 5.41) is 11.6. The number of fused-ring (bicyclic) bond motifs is 1. The van der Waals surface area contributed by atoms with Crippen molar-refractivity contribution in [2.24, 2.45) is 0 Å². The summed E-state index contributed by atoms with van der Waals surface area (Å²) >= 11 is 0. The van der Waals surface area contributed by atoms with Gasteiger partial charge in [0.1, 0.15) is 6.10 Å². The highest BCUT2D eigenvalue weighted by Crippen LogP contribution is 2.29. The molecule has 0 aliphatic carbocycles. The van der Waals surface area contributed by atoms with Gasteiger partial charge in [-0.25, -0.2) is 0 Å². The Balaban J connectivity index is 2.17. The molecular weight excluding hydrogens is 234 g/mol. The van der Waals surface area contributed by atoms with Crippen molar-refractivity contribution >= 4 is 10.9 Å². The number of hydrogen-bond acceptors (Lipinski definition) is 2. The number of aromatic nitrogens is 1. The molecule has 19 heavy (non-hydrogen) atoms. The maximum absolute atomic E-state index is 10.6. The van der Waals surface area contributed by atoms with Gasteiger partial charge in [0.25, 0.3) is 0 Å². The van der Waals surface area contributed by atoms with Crippen LogP contribution in [0.4, 0.5) is 0 Å². The summed E-state index contributed by atoms with van der Waals surface area (Å²) in [5.74, 6) is 0. The Bertz CT molecular complexity index is 716. The monoisotopic (exact) mass is 249 g/mol. The second-order valence-electron chi connectivity index (χ2n) is 4.68. The molecular formula is C17H15NO. The molecule has 1 heterocycles. The summed E-state index contributed by atoms with van der Waals surface area (Å²) in [7, 11) is 0. The highest BCUT2D eigenvalue weighted by Gasteiger charge is 2.15. The molecule has 0 spiro atoms. The minimum Gasteiger partial charge on any atom is -0.384 e. The second-order valence-corrected chi connectivity index (χ2v) is 4.68. The maximum atomic E-state index is 10.6. The van der Waals surface area contributed by atoms with Gasteiger partial charge in [-0.05, 0) is 35.7 Å². The number of hydrogen-bond donors (Lipinski definition) is 1. The first-order chi connectivity index (χ1) is 9.27. The van der Waals surface area contributed by atoms with Gasteiger partial charge in [-0.15, -0.1) is 0 Å². The highest BCUT2D eigenvalue weighted by atomic mass is 16.3. The Kier molecular flexibility index (Phi) is 3.02. The molecule has 1 unspecified atom stereocenters. The number of rotatable bonds is 2. The number of aliphatic hydroxyl groups is 1. The van der Waals surface area contributed by atoms with Crippen LogP contribution in [-0.2, 0) is 0 Å². The van der Waals surface area contributed by atoms with E-state index in [4.69, 9.17) is 0 Å². The molecule has 0 fully saturated rings. The second kappa shape index (κ2) is 4.82. The molecule has 0 aliphatic rings. The molecule has 1 aromatic heterocycles. The lowest BCUT2D eigenvalue weighted by molar-refractivity contribution is 0.221. The van der Waals surface area contributed by atoms with Crippen LogP contribution in [0.1, 0.15) is 22.8 Å². The maximum Gasteiger partial charge on any atom is 0.105 e. The van der Waals surface area contributed by atoms with Crippen LogP contribution in [0.25, 0.3) is 10.9 Å². The molecule has 0 amide bonds. The number of nitrogens with zero attached hydrogens (tertiary/aromatic N) is 1. The topological polar surface area (TPSA) is 33.1 Å². The van der Waals surface area contributed by atoms with Crippen LogP contribution in [0.3, 0.4) is 0 Å². The summed E-state index contributed by atoms with van der Waals surface area (Å²) in [6.45, 7) is 2.02. The molecule has 0 aliphatic heterocycles. The van der Waals surface area contributed by atoms with E-state index in [9.17, 15) is 5.11 Å². The van der Waals surface area contributed by atoms with Crippen molar-refractivity contribution in [2.75, 3.05) is 0 Å². The van der Waals surface area contributed by atoms with Gasteiger partial charge in [0.15, 0.2) is 0 Å². The molecule has 2 heteroatoms. The van der Waals surface area contributed by atoms with E-state index in [-0.39, 0.29) is 0 Å². The van der Waals surface area contributed by atoms with Crippen LogP contribution in [-0.4, -0.2) is 10.1 Å². The van der Waals surface area contributed by atoms with Crippen LogP contribution in [0, 0.1) is 6.92 Å². The Labute approximate surface area is 112 Å². The Morgan fingerprint density at radius 1 is 0.895 bits per heavy atom. The number of benzene rings is 2. The van der Waals surface area contributed by atoms with Crippen molar-refractivity contribution in [3.63, 3.8) is 0 Å². The zero-order valence-electron chi connectivity index (χ0n) is 10.7. The lowest BCUT2D eigenvalue weighted by atomic mass is 9.95. The number of aliphatic hydroxyl groups excluding tert-OH is 1. The summed E-state index contributed by atoms with van der Waals surface area (Å²) in [6.07, 6.45) is 1.13. The van der Waals surface area contributed by atoms with Gasteiger partial charge in [-0.3, -0.25) is 4.98 Å². The summed E-state index contributed by atoms with van der Waals surface area (Å²) in [6, 6.07) is 17.7. The van der Waals surface area contributed by atoms with Gasteiger partial charge in [0.05, 0.1) is 5.52 Å². The summed E-state index contributed by atoms with van der Waals surface area (Å²) < 4.78 is 0. The zero-order valence-corrected chi connectivity index (χ0v) is 10.7. The fraction of sp³-hybridized carbons (Fsp3) is 0.118. The summed E-state index contributed by atoms with van der Waals surface area (Å²) in [4.78, 5) is 4.33. The largest absolute Gasteiger partial charge is 0.384 e. The lowest BCUT2D eigenvalue weighted by Gasteiger charge is -2.15. The predicted molar refractivity (Wildman–Crippen MR) is 77.0 cm³/mol. The van der Waals surface area contributed by atoms with Crippen LogP contribution < -0.4 is 0 Å². The van der Waals surface area contributed by atoms with Crippen LogP contribution in [0.5, 0.6) is 0 Å². The number of para-hydroxylation sites is 1. The first-order valence-corrected chi connectivity index (χ1v) is 6.34. The van der Waals surface area contributed by atoms with Crippen LogP contribution in [0.15, 0.2) is 60.8 Å². The van der Waals surface area contributed by atoms with E-state index in [0.717, 1.165) is 27.6 Å². The smallest absolute Gasteiger partial charge is 0.105 e. The molecule has 1 N–H and O–H groups in total. The lowest BCUT2D eigenvalue weighted by Crippen LogP contribution is -2.03. The van der Waals surface area contributed by atoms with Crippen molar-refractivity contribution < 1.29 is 5.11 Å². The fourth-order valence-electron chi connectivity index (χ4n) is 2.42. The predicted octanol–water partition coefficient (Wildman–Crippen LogP) is 3.62. The molecule has 94 valence electrons. The van der Waals surface area contributed by atoms with Crippen molar-refractivity contribution in [1.82, 2.24) is 4.98 Å². The minimum absolute atomic E-state index is 0.617. The van der Waals surface area contributed by atoms with E-state index in [1.165, 1.54) is 0 Å².